The lowest BCUT2D eigenvalue weighted by Crippen LogP contribution is -2.38. The maximum atomic E-state index is 5.47. The molecule has 4 rings (SSSR count). The molecule has 2 fully saturated rings. The zero-order valence-corrected chi connectivity index (χ0v) is 12.4. The largest absolute Gasteiger partial charge is 0.339 e. The van der Waals surface area contributed by atoms with Gasteiger partial charge in [0.05, 0.1) is 0 Å². The van der Waals surface area contributed by atoms with Crippen molar-refractivity contribution in [3.05, 3.63) is 35.7 Å². The third-order valence-corrected chi connectivity index (χ3v) is 4.78. The van der Waals surface area contributed by atoms with E-state index in [2.05, 4.69) is 34.5 Å². The summed E-state index contributed by atoms with van der Waals surface area (Å²) in [6.07, 6.45) is 6.09. The summed E-state index contributed by atoms with van der Waals surface area (Å²) in [5.74, 6) is 2.19. The second-order valence-corrected chi connectivity index (χ2v) is 6.56. The number of hydrogen-bond donors (Lipinski definition) is 1. The number of hydrogen-bond acceptors (Lipinski definition) is 4. The van der Waals surface area contributed by atoms with Crippen LogP contribution in [0.1, 0.15) is 37.1 Å². The highest BCUT2D eigenvalue weighted by molar-refractivity contribution is 5.55. The van der Waals surface area contributed by atoms with Gasteiger partial charge in [-0.3, -0.25) is 0 Å². The number of fused-ring (bicyclic) bond motifs is 2. The molecule has 2 saturated heterocycles. The van der Waals surface area contributed by atoms with Gasteiger partial charge in [-0.1, -0.05) is 28.9 Å². The zero-order valence-electron chi connectivity index (χ0n) is 12.4. The lowest BCUT2D eigenvalue weighted by molar-refractivity contribution is 0.270. The Morgan fingerprint density at radius 2 is 2.05 bits per heavy atom. The predicted octanol–water partition coefficient (Wildman–Crippen LogP) is 3.12. The van der Waals surface area contributed by atoms with Crippen molar-refractivity contribution in [2.45, 2.75) is 51.1 Å². The molecule has 1 aromatic carbocycles. The fourth-order valence-corrected chi connectivity index (χ4v) is 3.83. The Labute approximate surface area is 124 Å². The topological polar surface area (TPSA) is 51.0 Å². The van der Waals surface area contributed by atoms with Crippen LogP contribution in [0.5, 0.6) is 0 Å². The Kier molecular flexibility index (Phi) is 3.26. The first-order valence-electron chi connectivity index (χ1n) is 7.92. The third-order valence-electron chi connectivity index (χ3n) is 4.78. The molecule has 21 heavy (non-hydrogen) atoms. The van der Waals surface area contributed by atoms with Crippen LogP contribution in [0, 0.1) is 12.8 Å². The molecule has 2 aliphatic rings. The molecule has 2 aliphatic heterocycles. The lowest BCUT2D eigenvalue weighted by Gasteiger charge is -2.27. The van der Waals surface area contributed by atoms with Crippen LogP contribution < -0.4 is 5.32 Å². The van der Waals surface area contributed by atoms with Crippen LogP contribution in [0.15, 0.2) is 28.8 Å². The van der Waals surface area contributed by atoms with E-state index in [4.69, 9.17) is 4.52 Å². The highest BCUT2D eigenvalue weighted by atomic mass is 16.5. The molecule has 0 aliphatic carbocycles. The van der Waals surface area contributed by atoms with Crippen LogP contribution in [0.3, 0.4) is 0 Å². The van der Waals surface area contributed by atoms with Crippen molar-refractivity contribution in [2.75, 3.05) is 0 Å². The van der Waals surface area contributed by atoms with E-state index in [1.807, 2.05) is 12.1 Å². The highest BCUT2D eigenvalue weighted by Gasteiger charge is 2.34. The second-order valence-electron chi connectivity index (χ2n) is 6.56. The fourth-order valence-electron chi connectivity index (χ4n) is 3.83. The monoisotopic (exact) mass is 283 g/mol. The number of rotatable bonds is 3. The summed E-state index contributed by atoms with van der Waals surface area (Å²) in [5.41, 5.74) is 2.25. The molecule has 2 bridgehead atoms. The van der Waals surface area contributed by atoms with Gasteiger partial charge in [-0.25, -0.2) is 0 Å². The van der Waals surface area contributed by atoms with Crippen molar-refractivity contribution in [1.82, 2.24) is 15.5 Å². The van der Waals surface area contributed by atoms with Crippen molar-refractivity contribution in [3.8, 4) is 11.4 Å². The smallest absolute Gasteiger partial charge is 0.227 e. The van der Waals surface area contributed by atoms with Crippen molar-refractivity contribution < 1.29 is 4.52 Å². The highest BCUT2D eigenvalue weighted by Crippen LogP contribution is 2.32. The first-order chi connectivity index (χ1) is 10.3. The van der Waals surface area contributed by atoms with Crippen molar-refractivity contribution in [2.24, 2.45) is 5.92 Å². The molecule has 4 nitrogen and oxygen atoms in total. The van der Waals surface area contributed by atoms with Crippen LogP contribution in [0.25, 0.3) is 11.4 Å². The van der Waals surface area contributed by atoms with E-state index in [0.717, 1.165) is 17.9 Å². The Bertz CT molecular complexity index is 624. The predicted molar refractivity (Wildman–Crippen MR) is 80.8 cm³/mol. The van der Waals surface area contributed by atoms with Crippen LogP contribution in [0.4, 0.5) is 0 Å². The zero-order chi connectivity index (χ0) is 14.2. The Morgan fingerprint density at radius 3 is 2.81 bits per heavy atom. The van der Waals surface area contributed by atoms with Gasteiger partial charge in [0.1, 0.15) is 0 Å². The molecule has 4 heteroatoms. The number of aryl methyl sites for hydroxylation is 1. The normalized spacial score (nSPS) is 28.0. The van der Waals surface area contributed by atoms with E-state index >= 15 is 0 Å². The van der Waals surface area contributed by atoms with Crippen molar-refractivity contribution in [3.63, 3.8) is 0 Å². The summed E-state index contributed by atoms with van der Waals surface area (Å²) in [5, 5.41) is 7.82. The summed E-state index contributed by atoms with van der Waals surface area (Å²) in [4.78, 5) is 4.59. The summed E-state index contributed by atoms with van der Waals surface area (Å²) >= 11 is 0. The Balaban J connectivity index is 1.47. The van der Waals surface area contributed by atoms with E-state index in [-0.39, 0.29) is 0 Å². The lowest BCUT2D eigenvalue weighted by atomic mass is 9.90. The summed E-state index contributed by atoms with van der Waals surface area (Å²) in [6.45, 7) is 2.08. The van der Waals surface area contributed by atoms with Gasteiger partial charge >= 0.3 is 0 Å². The third kappa shape index (κ3) is 2.72. The number of nitrogens with one attached hydrogen (secondary N) is 1. The number of benzene rings is 1. The number of nitrogens with zero attached hydrogens (tertiary/aromatic N) is 2. The molecular formula is C17H21N3O. The number of piperidine rings is 1. The molecule has 3 heterocycles. The van der Waals surface area contributed by atoms with Gasteiger partial charge in [0.2, 0.25) is 11.7 Å². The second kappa shape index (κ2) is 5.26. The van der Waals surface area contributed by atoms with E-state index in [9.17, 15) is 0 Å². The fraction of sp³-hybridized carbons (Fsp3) is 0.529. The van der Waals surface area contributed by atoms with Gasteiger partial charge in [0, 0.05) is 24.1 Å². The molecule has 0 radical (unpaired) electrons. The van der Waals surface area contributed by atoms with E-state index in [1.165, 1.54) is 31.2 Å². The molecule has 1 aromatic heterocycles. The Hall–Kier alpha value is -1.68. The molecule has 0 saturated carbocycles. The first-order valence-corrected chi connectivity index (χ1v) is 7.92. The van der Waals surface area contributed by atoms with E-state index in [0.29, 0.717) is 23.8 Å². The SMILES string of the molecule is Cc1cccc(-c2noc(CC3CC4CCC(C3)N4)n2)c1. The maximum absolute atomic E-state index is 5.47. The van der Waals surface area contributed by atoms with Gasteiger partial charge in [-0.05, 0) is 44.6 Å². The van der Waals surface area contributed by atoms with E-state index in [1.54, 1.807) is 0 Å². The van der Waals surface area contributed by atoms with Gasteiger partial charge in [-0.2, -0.15) is 4.98 Å². The van der Waals surface area contributed by atoms with Crippen LogP contribution >= 0.6 is 0 Å². The van der Waals surface area contributed by atoms with E-state index < -0.39 is 0 Å². The average molecular weight is 283 g/mol. The molecule has 0 amide bonds. The minimum atomic E-state index is 0.689. The molecule has 0 spiro atoms. The minimum absolute atomic E-state index is 0.689. The van der Waals surface area contributed by atoms with Gasteiger partial charge in [-0.15, -0.1) is 0 Å². The molecule has 1 N–H and O–H groups in total. The molecule has 2 atom stereocenters. The quantitative estimate of drug-likeness (QED) is 0.940. The minimum Gasteiger partial charge on any atom is -0.339 e. The number of aromatic nitrogens is 2. The standard InChI is InChI=1S/C17H21N3O/c1-11-3-2-4-13(7-11)17-19-16(21-20-17)10-12-8-14-5-6-15(9-12)18-14/h2-4,7,12,14-15,18H,5-6,8-10H2,1H3. The van der Waals surface area contributed by atoms with Crippen LogP contribution in [-0.2, 0) is 6.42 Å². The first kappa shape index (κ1) is 13.0. The van der Waals surface area contributed by atoms with Gasteiger partial charge in [0.25, 0.3) is 0 Å². The molecule has 2 unspecified atom stereocenters. The molecule has 2 aromatic rings. The molecule has 110 valence electrons. The van der Waals surface area contributed by atoms with Crippen molar-refractivity contribution in [1.29, 1.82) is 0 Å². The summed E-state index contributed by atoms with van der Waals surface area (Å²) in [7, 11) is 0. The summed E-state index contributed by atoms with van der Waals surface area (Å²) < 4.78 is 5.47. The summed E-state index contributed by atoms with van der Waals surface area (Å²) in [6, 6.07) is 9.67. The maximum Gasteiger partial charge on any atom is 0.227 e. The van der Waals surface area contributed by atoms with Crippen molar-refractivity contribution >= 4 is 0 Å². The molecular weight excluding hydrogens is 262 g/mol. The van der Waals surface area contributed by atoms with Crippen LogP contribution in [-0.4, -0.2) is 22.2 Å². The van der Waals surface area contributed by atoms with Crippen LogP contribution in [0.2, 0.25) is 0 Å². The van der Waals surface area contributed by atoms with Gasteiger partial charge in [0.15, 0.2) is 0 Å². The Morgan fingerprint density at radius 1 is 1.24 bits per heavy atom. The average Bonchev–Trinajstić information content (AvgIpc) is 3.06. The van der Waals surface area contributed by atoms with Gasteiger partial charge < -0.3 is 9.84 Å².